The molecule has 4 nitrogen and oxygen atoms in total. The van der Waals surface area contributed by atoms with Gasteiger partial charge in [-0.3, -0.25) is 9.79 Å². The van der Waals surface area contributed by atoms with Crippen LogP contribution in [0.1, 0.15) is 5.56 Å². The normalized spacial score (nSPS) is 11.9. The number of aromatic amines is 1. The number of hydrogen-bond donors (Lipinski definition) is 0. The van der Waals surface area contributed by atoms with Gasteiger partial charge in [0.2, 0.25) is 0 Å². The van der Waals surface area contributed by atoms with Crippen molar-refractivity contribution in [1.82, 2.24) is 4.57 Å². The summed E-state index contributed by atoms with van der Waals surface area (Å²) in [5.41, 5.74) is 3.22. The Kier molecular flexibility index (Phi) is 3.15. The molecule has 4 heteroatoms. The van der Waals surface area contributed by atoms with Crippen LogP contribution in [0.25, 0.3) is 21.8 Å². The second-order valence-electron chi connectivity index (χ2n) is 5.67. The van der Waals surface area contributed by atoms with Crippen LogP contribution in [0.15, 0.2) is 64.6 Å². The van der Waals surface area contributed by atoms with Crippen molar-refractivity contribution in [3.8, 4) is 0 Å². The first-order valence-electron chi connectivity index (χ1n) is 7.56. The molecule has 0 radical (unpaired) electrons. The van der Waals surface area contributed by atoms with Crippen LogP contribution in [-0.4, -0.2) is 10.8 Å². The van der Waals surface area contributed by atoms with E-state index in [0.29, 0.717) is 17.6 Å². The van der Waals surface area contributed by atoms with Crippen molar-refractivity contribution in [2.75, 3.05) is 0 Å². The molecule has 1 N–H and O–H groups in total. The van der Waals surface area contributed by atoms with Gasteiger partial charge in [0.05, 0.1) is 16.3 Å². The van der Waals surface area contributed by atoms with Gasteiger partial charge in [-0.25, -0.2) is 4.98 Å². The van der Waals surface area contributed by atoms with E-state index < -0.39 is 0 Å². The van der Waals surface area contributed by atoms with E-state index in [-0.39, 0.29) is 5.43 Å². The summed E-state index contributed by atoms with van der Waals surface area (Å²) in [4.78, 5) is 20.1. The number of nitrogens with zero attached hydrogens (tertiary/aromatic N) is 2. The van der Waals surface area contributed by atoms with Gasteiger partial charge < -0.3 is 4.57 Å². The molecule has 0 bridgehead atoms. The van der Waals surface area contributed by atoms with Gasteiger partial charge >= 0.3 is 0 Å². The van der Waals surface area contributed by atoms with Gasteiger partial charge in [0, 0.05) is 25.9 Å². The highest BCUT2D eigenvalue weighted by Crippen LogP contribution is 2.25. The highest BCUT2D eigenvalue weighted by atomic mass is 16.1. The third kappa shape index (κ3) is 2.28. The van der Waals surface area contributed by atoms with E-state index in [0.717, 1.165) is 16.3 Å². The smallest absolute Gasteiger partial charge is 0.275 e. The molecule has 4 rings (SSSR count). The highest BCUT2D eigenvalue weighted by molar-refractivity contribution is 6.07. The number of pyridine rings is 1. The van der Waals surface area contributed by atoms with Crippen molar-refractivity contribution in [1.29, 1.82) is 0 Å². The van der Waals surface area contributed by atoms with E-state index in [1.165, 1.54) is 5.56 Å². The molecular weight excluding hydrogens is 286 g/mol. The summed E-state index contributed by atoms with van der Waals surface area (Å²) >= 11 is 0. The molecule has 0 unspecified atom stereocenters. The molecule has 0 aliphatic heterocycles. The highest BCUT2D eigenvalue weighted by Gasteiger charge is 2.18. The zero-order valence-electron chi connectivity index (χ0n) is 12.8. The molecule has 0 atom stereocenters. The standard InChI is InChI=1S/C19H15N3O/c1-22-10-8-14-12-21-18-17(14)16(22)11-15(19(18)23)20-9-7-13-5-3-2-4-6-13/h2-6,8-12H,7H2,1H3/p+1. The summed E-state index contributed by atoms with van der Waals surface area (Å²) in [5, 5.41) is 2.02. The fraction of sp³-hybridized carbons (Fsp3) is 0.105. The van der Waals surface area contributed by atoms with Crippen LogP contribution in [-0.2, 0) is 13.5 Å². The maximum Gasteiger partial charge on any atom is 0.275 e. The first kappa shape index (κ1) is 13.6. The molecule has 0 saturated carbocycles. The lowest BCUT2D eigenvalue weighted by atomic mass is 10.1. The Bertz CT molecular complexity index is 1060. The average Bonchev–Trinajstić information content (AvgIpc) is 3.00. The van der Waals surface area contributed by atoms with Crippen molar-refractivity contribution < 1.29 is 4.98 Å². The van der Waals surface area contributed by atoms with Crippen LogP contribution in [0.5, 0.6) is 0 Å². The number of benzene rings is 2. The lowest BCUT2D eigenvalue weighted by Crippen LogP contribution is -2.11. The molecule has 0 aliphatic carbocycles. The fourth-order valence-electron chi connectivity index (χ4n) is 2.93. The Labute approximate surface area is 133 Å². The maximum atomic E-state index is 12.6. The number of aromatic nitrogens is 2. The predicted molar refractivity (Wildman–Crippen MR) is 92.7 cm³/mol. The molecular formula is C19H16N3O+. The van der Waals surface area contributed by atoms with Crippen molar-refractivity contribution in [2.24, 2.45) is 12.0 Å². The molecule has 0 amide bonds. The van der Waals surface area contributed by atoms with Gasteiger partial charge in [0.1, 0.15) is 5.69 Å². The van der Waals surface area contributed by atoms with E-state index in [1.54, 1.807) is 6.21 Å². The van der Waals surface area contributed by atoms with Gasteiger partial charge in [-0.15, -0.1) is 0 Å². The van der Waals surface area contributed by atoms with Gasteiger partial charge in [0.15, 0.2) is 6.20 Å². The van der Waals surface area contributed by atoms with Gasteiger partial charge in [-0.2, -0.15) is 0 Å². The molecule has 2 aromatic carbocycles. The minimum absolute atomic E-state index is 0.0528. The molecule has 0 fully saturated rings. The topological polar surface area (TPSA) is 48.5 Å². The van der Waals surface area contributed by atoms with Crippen LogP contribution in [0.4, 0.5) is 5.69 Å². The van der Waals surface area contributed by atoms with E-state index in [2.05, 4.69) is 9.98 Å². The third-order valence-corrected chi connectivity index (χ3v) is 4.16. The first-order chi connectivity index (χ1) is 11.2. The Morgan fingerprint density at radius 3 is 2.87 bits per heavy atom. The molecule has 0 spiro atoms. The lowest BCUT2D eigenvalue weighted by molar-refractivity contribution is -0.340. The maximum absolute atomic E-state index is 12.6. The SMILES string of the molecule is Cn1ccc2c[nH+]c3c(=O)c(N=CCc4ccccc4)cc1c23. The minimum atomic E-state index is -0.0528. The van der Waals surface area contributed by atoms with Crippen LogP contribution in [0.2, 0.25) is 0 Å². The first-order valence-corrected chi connectivity index (χ1v) is 7.56. The van der Waals surface area contributed by atoms with E-state index in [4.69, 9.17) is 0 Å². The lowest BCUT2D eigenvalue weighted by Gasteiger charge is -2.04. The zero-order chi connectivity index (χ0) is 15.8. The average molecular weight is 302 g/mol. The number of nitrogens with one attached hydrogen (secondary N) is 1. The van der Waals surface area contributed by atoms with Crippen molar-refractivity contribution in [3.63, 3.8) is 0 Å². The van der Waals surface area contributed by atoms with Crippen LogP contribution < -0.4 is 10.4 Å². The van der Waals surface area contributed by atoms with Crippen molar-refractivity contribution >= 4 is 33.7 Å². The number of aryl methyl sites for hydroxylation is 1. The van der Waals surface area contributed by atoms with E-state index in [9.17, 15) is 4.79 Å². The van der Waals surface area contributed by atoms with Crippen molar-refractivity contribution in [3.05, 3.63) is 70.6 Å². The third-order valence-electron chi connectivity index (χ3n) is 4.16. The number of rotatable bonds is 3. The van der Waals surface area contributed by atoms with E-state index in [1.807, 2.05) is 66.5 Å². The largest absolute Gasteiger partial charge is 0.350 e. The van der Waals surface area contributed by atoms with Gasteiger partial charge in [0.25, 0.3) is 10.9 Å². The minimum Gasteiger partial charge on any atom is -0.350 e. The zero-order valence-corrected chi connectivity index (χ0v) is 12.8. The van der Waals surface area contributed by atoms with Gasteiger partial charge in [-0.1, -0.05) is 30.3 Å². The summed E-state index contributed by atoms with van der Waals surface area (Å²) in [6, 6.07) is 14.0. The molecule has 0 saturated heterocycles. The summed E-state index contributed by atoms with van der Waals surface area (Å²) in [6.07, 6.45) is 6.37. The molecule has 2 aromatic heterocycles. The second-order valence-corrected chi connectivity index (χ2v) is 5.67. The summed E-state index contributed by atoms with van der Waals surface area (Å²) in [5.74, 6) is 0. The molecule has 4 aromatic rings. The van der Waals surface area contributed by atoms with Gasteiger partial charge in [-0.05, 0) is 17.7 Å². The molecule has 0 aliphatic rings. The van der Waals surface area contributed by atoms with Crippen LogP contribution >= 0.6 is 0 Å². The number of H-pyrrole nitrogens is 1. The van der Waals surface area contributed by atoms with Crippen molar-refractivity contribution in [2.45, 2.75) is 6.42 Å². The number of hydrogen-bond acceptors (Lipinski definition) is 2. The van der Waals surface area contributed by atoms with E-state index >= 15 is 0 Å². The second kappa shape index (κ2) is 5.32. The fourth-order valence-corrected chi connectivity index (χ4v) is 2.93. The summed E-state index contributed by atoms with van der Waals surface area (Å²) in [6.45, 7) is 0. The van der Waals surface area contributed by atoms with Crippen LogP contribution in [0, 0.1) is 0 Å². The molecule has 2 heterocycles. The predicted octanol–water partition coefficient (Wildman–Crippen LogP) is 2.89. The number of aliphatic imine (C=N–C) groups is 1. The van der Waals surface area contributed by atoms with Crippen LogP contribution in [0.3, 0.4) is 0 Å². The molecule has 112 valence electrons. The Morgan fingerprint density at radius 1 is 1.22 bits per heavy atom. The molecule has 23 heavy (non-hydrogen) atoms. The Morgan fingerprint density at radius 2 is 2.04 bits per heavy atom. The monoisotopic (exact) mass is 302 g/mol. The Hall–Kier alpha value is -3.01. The Balaban J connectivity index is 1.80. The summed E-state index contributed by atoms with van der Waals surface area (Å²) < 4.78 is 2.01. The summed E-state index contributed by atoms with van der Waals surface area (Å²) in [7, 11) is 1.98. The quantitative estimate of drug-likeness (QED) is 0.537.